The molecule has 8 nitrogen and oxygen atoms in total. The molecule has 2 fully saturated rings. The normalized spacial score (nSPS) is 31.8. The molecule has 2 saturated carbocycles. The molecule has 2 aromatic rings. The Hall–Kier alpha value is -2.91. The van der Waals surface area contributed by atoms with E-state index in [-0.39, 0.29) is 43.0 Å². The Morgan fingerprint density at radius 2 is 2.00 bits per heavy atom. The molecule has 6 atom stereocenters. The van der Waals surface area contributed by atoms with Gasteiger partial charge in [0.15, 0.2) is 0 Å². The number of amides is 2. The van der Waals surface area contributed by atoms with Crippen LogP contribution in [0.4, 0.5) is 14.9 Å². The molecule has 2 aliphatic carbocycles. The molecule has 0 aliphatic heterocycles. The molecule has 1 heterocycles. The van der Waals surface area contributed by atoms with Crippen LogP contribution in [-0.2, 0) is 16.1 Å². The number of anilines is 1. The summed E-state index contributed by atoms with van der Waals surface area (Å²) >= 11 is 0. The van der Waals surface area contributed by atoms with E-state index in [2.05, 4.69) is 17.6 Å². The second-order valence-corrected chi connectivity index (χ2v) is 10.6. The largest absolute Gasteiger partial charge is 0.467 e. The topological polar surface area (TPSA) is 121 Å². The van der Waals surface area contributed by atoms with Crippen LogP contribution < -0.4 is 10.6 Å². The van der Waals surface area contributed by atoms with Crippen molar-refractivity contribution in [1.82, 2.24) is 5.32 Å². The molecule has 4 N–H and O–H groups in total. The van der Waals surface area contributed by atoms with Gasteiger partial charge < -0.3 is 24.7 Å². The zero-order chi connectivity index (χ0) is 25.9. The molecule has 2 aliphatic rings. The number of carbonyl (C=O) groups excluding carboxylic acids is 2. The average molecular weight is 503 g/mol. The number of halogens is 1. The third-order valence-corrected chi connectivity index (χ3v) is 8.44. The third kappa shape index (κ3) is 5.27. The highest BCUT2D eigenvalue weighted by Crippen LogP contribution is 2.61. The Balaban J connectivity index is 1.46. The number of aliphatic hydroxyl groups excluding tert-OH is 2. The molecule has 9 heteroatoms. The highest BCUT2D eigenvalue weighted by atomic mass is 19.1. The van der Waals surface area contributed by atoms with Gasteiger partial charge in [-0.1, -0.05) is 19.9 Å². The van der Waals surface area contributed by atoms with E-state index in [9.17, 15) is 24.2 Å². The van der Waals surface area contributed by atoms with Crippen molar-refractivity contribution >= 4 is 17.7 Å². The van der Waals surface area contributed by atoms with Gasteiger partial charge in [0, 0.05) is 17.5 Å². The summed E-state index contributed by atoms with van der Waals surface area (Å²) in [5, 5.41) is 26.9. The summed E-state index contributed by atoms with van der Waals surface area (Å²) in [5.41, 5.74) is -0.918. The standard InChI is InChI=1S/C27H35FN2O6/c1-26-11-10-23(36-25(34)30-18-6-3-5-17(28)13-18)27(2,16-31)22(26)9-8-21(32)20(26)14-24(33)29-15-19-7-4-12-35-19/h3-7,12-13,20-23,31-32H,8-11,14-16H2,1-2H3,(H,29,33)(H,30,34)/t20-,21-,22-,23-,26+,27+/m1/s1. The van der Waals surface area contributed by atoms with Crippen LogP contribution in [0.5, 0.6) is 0 Å². The fourth-order valence-corrected chi connectivity index (χ4v) is 6.49. The molecule has 0 unspecified atom stereocenters. The van der Waals surface area contributed by atoms with Crippen LogP contribution in [0.2, 0.25) is 0 Å². The van der Waals surface area contributed by atoms with Crippen LogP contribution in [0.25, 0.3) is 0 Å². The average Bonchev–Trinajstić information content (AvgIpc) is 3.36. The van der Waals surface area contributed by atoms with Crippen molar-refractivity contribution in [1.29, 1.82) is 0 Å². The highest BCUT2D eigenvalue weighted by Gasteiger charge is 2.60. The Labute approximate surface area is 210 Å². The lowest BCUT2D eigenvalue weighted by Gasteiger charge is -2.60. The van der Waals surface area contributed by atoms with Gasteiger partial charge in [0.1, 0.15) is 17.7 Å². The van der Waals surface area contributed by atoms with Crippen molar-refractivity contribution in [2.24, 2.45) is 22.7 Å². The number of benzene rings is 1. The number of fused-ring (bicyclic) bond motifs is 1. The quantitative estimate of drug-likeness (QED) is 0.450. The van der Waals surface area contributed by atoms with Gasteiger partial charge in [-0.3, -0.25) is 10.1 Å². The van der Waals surface area contributed by atoms with Crippen LogP contribution in [0.15, 0.2) is 47.1 Å². The minimum absolute atomic E-state index is 0.0815. The second kappa shape index (κ2) is 10.6. The Morgan fingerprint density at radius 3 is 2.69 bits per heavy atom. The number of hydrogen-bond donors (Lipinski definition) is 4. The van der Waals surface area contributed by atoms with E-state index < -0.39 is 34.9 Å². The Kier molecular flexibility index (Phi) is 7.70. The fourth-order valence-electron chi connectivity index (χ4n) is 6.49. The zero-order valence-corrected chi connectivity index (χ0v) is 20.7. The summed E-state index contributed by atoms with van der Waals surface area (Å²) in [4.78, 5) is 25.4. The van der Waals surface area contributed by atoms with E-state index in [0.717, 1.165) is 0 Å². The Bertz CT molecular complexity index is 1060. The molecule has 1 aromatic heterocycles. The van der Waals surface area contributed by atoms with E-state index in [1.807, 2.05) is 6.92 Å². The zero-order valence-electron chi connectivity index (χ0n) is 20.7. The number of nitrogens with one attached hydrogen (secondary N) is 2. The maximum Gasteiger partial charge on any atom is 0.411 e. The lowest BCUT2D eigenvalue weighted by atomic mass is 9.46. The van der Waals surface area contributed by atoms with E-state index in [1.54, 1.807) is 24.5 Å². The summed E-state index contributed by atoms with van der Waals surface area (Å²) < 4.78 is 24.5. The smallest absolute Gasteiger partial charge is 0.411 e. The lowest BCUT2D eigenvalue weighted by molar-refractivity contribution is -0.185. The van der Waals surface area contributed by atoms with Crippen LogP contribution in [0, 0.1) is 28.5 Å². The summed E-state index contributed by atoms with van der Waals surface area (Å²) in [5.74, 6) is -0.376. The van der Waals surface area contributed by atoms with E-state index in [1.165, 1.54) is 18.2 Å². The maximum atomic E-state index is 13.5. The predicted octanol–water partition coefficient (Wildman–Crippen LogP) is 4.23. The van der Waals surface area contributed by atoms with Gasteiger partial charge in [-0.25, -0.2) is 9.18 Å². The molecule has 2 amide bonds. The molecule has 0 radical (unpaired) electrons. The first-order valence-electron chi connectivity index (χ1n) is 12.5. The lowest BCUT2D eigenvalue weighted by Crippen LogP contribution is -2.61. The van der Waals surface area contributed by atoms with Crippen LogP contribution in [0.1, 0.15) is 51.7 Å². The number of aliphatic hydroxyl groups is 2. The SMILES string of the molecule is C[C@]1(CO)[C@@H]2CC[C@@H](O)[C@@H](CC(=O)NCc3ccco3)[C@]2(C)CC[C@H]1OC(=O)Nc1cccc(F)c1. The molecule has 0 saturated heterocycles. The van der Waals surface area contributed by atoms with E-state index >= 15 is 0 Å². The van der Waals surface area contributed by atoms with Crippen LogP contribution in [-0.4, -0.2) is 41.0 Å². The summed E-state index contributed by atoms with van der Waals surface area (Å²) in [6, 6.07) is 9.09. The van der Waals surface area contributed by atoms with Crippen molar-refractivity contribution < 1.29 is 33.3 Å². The first kappa shape index (κ1) is 26.2. The fraction of sp³-hybridized carbons (Fsp3) is 0.556. The highest BCUT2D eigenvalue weighted by molar-refractivity contribution is 5.84. The minimum Gasteiger partial charge on any atom is -0.467 e. The summed E-state index contributed by atoms with van der Waals surface area (Å²) in [7, 11) is 0. The van der Waals surface area contributed by atoms with E-state index in [0.29, 0.717) is 31.4 Å². The second-order valence-electron chi connectivity index (χ2n) is 10.6. The first-order valence-corrected chi connectivity index (χ1v) is 12.5. The van der Waals surface area contributed by atoms with Gasteiger partial charge in [0.2, 0.25) is 5.91 Å². The van der Waals surface area contributed by atoms with Gasteiger partial charge in [0.25, 0.3) is 0 Å². The van der Waals surface area contributed by atoms with Crippen molar-refractivity contribution in [2.45, 2.75) is 64.7 Å². The number of furan rings is 1. The van der Waals surface area contributed by atoms with Gasteiger partial charge in [-0.2, -0.15) is 0 Å². The predicted molar refractivity (Wildman–Crippen MR) is 130 cm³/mol. The molecule has 0 spiro atoms. The minimum atomic E-state index is -0.769. The number of carbonyl (C=O) groups is 2. The Morgan fingerprint density at radius 1 is 1.19 bits per heavy atom. The monoisotopic (exact) mass is 502 g/mol. The summed E-state index contributed by atoms with van der Waals surface area (Å²) in [6.07, 6.45) is 2.01. The maximum absolute atomic E-state index is 13.5. The molecule has 4 rings (SSSR count). The van der Waals surface area contributed by atoms with Crippen LogP contribution in [0.3, 0.4) is 0 Å². The van der Waals surface area contributed by atoms with Gasteiger partial charge >= 0.3 is 6.09 Å². The number of rotatable bonds is 7. The van der Waals surface area contributed by atoms with Crippen molar-refractivity contribution in [2.75, 3.05) is 11.9 Å². The van der Waals surface area contributed by atoms with Crippen molar-refractivity contribution in [3.63, 3.8) is 0 Å². The number of hydrogen-bond acceptors (Lipinski definition) is 6. The van der Waals surface area contributed by atoms with Crippen LogP contribution >= 0.6 is 0 Å². The van der Waals surface area contributed by atoms with Crippen molar-refractivity contribution in [3.8, 4) is 0 Å². The first-order chi connectivity index (χ1) is 17.2. The third-order valence-electron chi connectivity index (χ3n) is 8.44. The van der Waals surface area contributed by atoms with Gasteiger partial charge in [0.05, 0.1) is 25.5 Å². The molecule has 0 bridgehead atoms. The molecular weight excluding hydrogens is 467 g/mol. The number of ether oxygens (including phenoxy) is 1. The summed E-state index contributed by atoms with van der Waals surface area (Å²) in [6.45, 7) is 4.04. The van der Waals surface area contributed by atoms with Gasteiger partial charge in [-0.15, -0.1) is 0 Å². The van der Waals surface area contributed by atoms with E-state index in [4.69, 9.17) is 9.15 Å². The van der Waals surface area contributed by atoms with Crippen molar-refractivity contribution in [3.05, 3.63) is 54.2 Å². The van der Waals surface area contributed by atoms with Gasteiger partial charge in [-0.05, 0) is 73.3 Å². The molecule has 1 aromatic carbocycles. The molecule has 196 valence electrons. The molecular formula is C27H35FN2O6. The molecule has 36 heavy (non-hydrogen) atoms.